The molecule has 0 saturated carbocycles. The zero-order valence-corrected chi connectivity index (χ0v) is 13.2. The Labute approximate surface area is 131 Å². The van der Waals surface area contributed by atoms with Crippen molar-refractivity contribution in [2.45, 2.75) is 13.0 Å². The fourth-order valence-corrected chi connectivity index (χ4v) is 2.38. The highest BCUT2D eigenvalue weighted by molar-refractivity contribution is 9.10. The number of anilines is 1. The van der Waals surface area contributed by atoms with Crippen molar-refractivity contribution in [2.75, 3.05) is 12.4 Å². The van der Waals surface area contributed by atoms with Gasteiger partial charge in [-0.2, -0.15) is 0 Å². The van der Waals surface area contributed by atoms with Gasteiger partial charge in [0.1, 0.15) is 5.82 Å². The standard InChI is InChI=1S/C16H16BrFN2O/c1-19-16(21)9-12-4-2-3-5-15(12)20-10-11-6-7-14(18)13(17)8-11/h2-8,20H,9-10H2,1H3,(H,19,21). The van der Waals surface area contributed by atoms with Crippen LogP contribution in [0.15, 0.2) is 46.9 Å². The number of benzene rings is 2. The van der Waals surface area contributed by atoms with Gasteiger partial charge in [-0.15, -0.1) is 0 Å². The van der Waals surface area contributed by atoms with Gasteiger partial charge in [0.05, 0.1) is 10.9 Å². The summed E-state index contributed by atoms with van der Waals surface area (Å²) in [6.07, 6.45) is 0.326. The lowest BCUT2D eigenvalue weighted by molar-refractivity contribution is -0.119. The molecule has 0 aliphatic heterocycles. The smallest absolute Gasteiger partial charge is 0.224 e. The van der Waals surface area contributed by atoms with E-state index in [1.54, 1.807) is 19.2 Å². The SMILES string of the molecule is CNC(=O)Cc1ccccc1NCc1ccc(F)c(Br)c1. The average molecular weight is 351 g/mol. The Bertz CT molecular complexity index is 646. The Hall–Kier alpha value is -1.88. The van der Waals surface area contributed by atoms with E-state index in [1.165, 1.54) is 6.07 Å². The Kier molecular flexibility index (Phi) is 5.33. The number of carbonyl (C=O) groups excluding carboxylic acids is 1. The zero-order valence-electron chi connectivity index (χ0n) is 11.6. The zero-order chi connectivity index (χ0) is 15.2. The van der Waals surface area contributed by atoms with Crippen LogP contribution in [0.5, 0.6) is 0 Å². The van der Waals surface area contributed by atoms with Gasteiger partial charge in [0.15, 0.2) is 0 Å². The van der Waals surface area contributed by atoms with Crippen molar-refractivity contribution in [3.05, 3.63) is 63.9 Å². The summed E-state index contributed by atoms with van der Waals surface area (Å²) < 4.78 is 13.6. The highest BCUT2D eigenvalue weighted by atomic mass is 79.9. The molecule has 3 nitrogen and oxygen atoms in total. The minimum absolute atomic E-state index is 0.0335. The van der Waals surface area contributed by atoms with Crippen LogP contribution in [-0.4, -0.2) is 13.0 Å². The number of nitrogens with one attached hydrogen (secondary N) is 2. The summed E-state index contributed by atoms with van der Waals surface area (Å²) in [5.41, 5.74) is 2.79. The molecule has 0 spiro atoms. The van der Waals surface area contributed by atoms with E-state index in [1.807, 2.05) is 24.3 Å². The Morgan fingerprint density at radius 3 is 2.71 bits per heavy atom. The summed E-state index contributed by atoms with van der Waals surface area (Å²) in [6, 6.07) is 12.6. The number of rotatable bonds is 5. The van der Waals surface area contributed by atoms with E-state index >= 15 is 0 Å². The Morgan fingerprint density at radius 2 is 2.00 bits per heavy atom. The maximum atomic E-state index is 13.2. The van der Waals surface area contributed by atoms with Crippen molar-refractivity contribution in [3.8, 4) is 0 Å². The van der Waals surface area contributed by atoms with Crippen LogP contribution in [0.2, 0.25) is 0 Å². The van der Waals surface area contributed by atoms with E-state index in [0.717, 1.165) is 16.8 Å². The quantitative estimate of drug-likeness (QED) is 0.866. The predicted molar refractivity (Wildman–Crippen MR) is 85.6 cm³/mol. The third-order valence-electron chi connectivity index (χ3n) is 3.11. The van der Waals surface area contributed by atoms with Crippen molar-refractivity contribution >= 4 is 27.5 Å². The lowest BCUT2D eigenvalue weighted by Crippen LogP contribution is -2.20. The van der Waals surface area contributed by atoms with Crippen LogP contribution in [0, 0.1) is 5.82 Å². The van der Waals surface area contributed by atoms with Gasteiger partial charge in [-0.3, -0.25) is 4.79 Å². The summed E-state index contributed by atoms with van der Waals surface area (Å²) >= 11 is 3.17. The van der Waals surface area contributed by atoms with Gasteiger partial charge in [-0.1, -0.05) is 24.3 Å². The number of amides is 1. The van der Waals surface area contributed by atoms with Crippen LogP contribution < -0.4 is 10.6 Å². The third-order valence-corrected chi connectivity index (χ3v) is 3.72. The second-order valence-corrected chi connectivity index (χ2v) is 5.46. The van der Waals surface area contributed by atoms with Crippen LogP contribution in [0.4, 0.5) is 10.1 Å². The van der Waals surface area contributed by atoms with Gasteiger partial charge in [0, 0.05) is 19.3 Å². The van der Waals surface area contributed by atoms with E-state index < -0.39 is 0 Å². The number of hydrogen-bond acceptors (Lipinski definition) is 2. The molecule has 0 bridgehead atoms. The second-order valence-electron chi connectivity index (χ2n) is 4.61. The predicted octanol–water partition coefficient (Wildman–Crippen LogP) is 3.49. The highest BCUT2D eigenvalue weighted by Gasteiger charge is 2.06. The maximum Gasteiger partial charge on any atom is 0.224 e. The molecule has 2 N–H and O–H groups in total. The average Bonchev–Trinajstić information content (AvgIpc) is 2.49. The fourth-order valence-electron chi connectivity index (χ4n) is 1.96. The molecule has 2 aromatic carbocycles. The molecule has 0 aliphatic carbocycles. The van der Waals surface area contributed by atoms with Gasteiger partial charge in [-0.25, -0.2) is 4.39 Å². The van der Waals surface area contributed by atoms with Crippen LogP contribution in [0.3, 0.4) is 0 Å². The first-order valence-corrected chi connectivity index (χ1v) is 7.35. The first-order valence-electron chi connectivity index (χ1n) is 6.56. The monoisotopic (exact) mass is 350 g/mol. The topological polar surface area (TPSA) is 41.1 Å². The largest absolute Gasteiger partial charge is 0.381 e. The van der Waals surface area contributed by atoms with Crippen LogP contribution in [0.1, 0.15) is 11.1 Å². The van der Waals surface area contributed by atoms with Gasteiger partial charge >= 0.3 is 0 Å². The number of halogens is 2. The van der Waals surface area contributed by atoms with E-state index in [4.69, 9.17) is 0 Å². The van der Waals surface area contributed by atoms with Crippen molar-refractivity contribution in [2.24, 2.45) is 0 Å². The van der Waals surface area contributed by atoms with Crippen LogP contribution in [-0.2, 0) is 17.8 Å². The summed E-state index contributed by atoms with van der Waals surface area (Å²) in [7, 11) is 1.62. The van der Waals surface area contributed by atoms with Crippen molar-refractivity contribution in [1.29, 1.82) is 0 Å². The van der Waals surface area contributed by atoms with Gasteiger partial charge in [0.2, 0.25) is 5.91 Å². The molecule has 0 fully saturated rings. The number of carbonyl (C=O) groups is 1. The molecule has 0 unspecified atom stereocenters. The van der Waals surface area contributed by atoms with E-state index in [0.29, 0.717) is 17.4 Å². The molecule has 2 rings (SSSR count). The van der Waals surface area contributed by atoms with Crippen LogP contribution >= 0.6 is 15.9 Å². The molecule has 0 heterocycles. The number of likely N-dealkylation sites (N-methyl/N-ethyl adjacent to an activating group) is 1. The van der Waals surface area contributed by atoms with E-state index in [-0.39, 0.29) is 11.7 Å². The molecule has 0 atom stereocenters. The minimum Gasteiger partial charge on any atom is -0.381 e. The molecule has 21 heavy (non-hydrogen) atoms. The second kappa shape index (κ2) is 7.22. The first kappa shape index (κ1) is 15.5. The van der Waals surface area contributed by atoms with Crippen molar-refractivity contribution < 1.29 is 9.18 Å². The molecule has 110 valence electrons. The molecule has 0 aromatic heterocycles. The maximum absolute atomic E-state index is 13.2. The lowest BCUT2D eigenvalue weighted by atomic mass is 10.1. The summed E-state index contributed by atoms with van der Waals surface area (Å²) in [4.78, 5) is 11.5. The molecule has 0 radical (unpaired) electrons. The van der Waals surface area contributed by atoms with Crippen molar-refractivity contribution in [3.63, 3.8) is 0 Å². The van der Waals surface area contributed by atoms with E-state index in [9.17, 15) is 9.18 Å². The lowest BCUT2D eigenvalue weighted by Gasteiger charge is -2.12. The van der Waals surface area contributed by atoms with E-state index in [2.05, 4.69) is 26.6 Å². The summed E-state index contributed by atoms with van der Waals surface area (Å²) in [5, 5.41) is 5.90. The molecule has 0 saturated heterocycles. The molecule has 1 amide bonds. The molecule has 5 heteroatoms. The highest BCUT2D eigenvalue weighted by Crippen LogP contribution is 2.20. The van der Waals surface area contributed by atoms with Crippen LogP contribution in [0.25, 0.3) is 0 Å². The normalized spacial score (nSPS) is 10.2. The van der Waals surface area contributed by atoms with Gasteiger partial charge in [0.25, 0.3) is 0 Å². The van der Waals surface area contributed by atoms with Gasteiger partial charge in [-0.05, 0) is 45.3 Å². The third kappa shape index (κ3) is 4.29. The molecular formula is C16H16BrFN2O. The Balaban J connectivity index is 2.09. The van der Waals surface area contributed by atoms with Gasteiger partial charge < -0.3 is 10.6 Å². The Morgan fingerprint density at radius 1 is 1.24 bits per heavy atom. The van der Waals surface area contributed by atoms with Crippen molar-refractivity contribution in [1.82, 2.24) is 5.32 Å². The summed E-state index contributed by atoms with van der Waals surface area (Å²) in [6.45, 7) is 0.559. The number of hydrogen-bond donors (Lipinski definition) is 2. The summed E-state index contributed by atoms with van der Waals surface area (Å²) in [5.74, 6) is -0.312. The minimum atomic E-state index is -0.279. The molecule has 2 aromatic rings. The fraction of sp³-hybridized carbons (Fsp3) is 0.188. The number of para-hydroxylation sites is 1. The first-order chi connectivity index (χ1) is 10.1. The molecular weight excluding hydrogens is 335 g/mol. The molecule has 0 aliphatic rings.